The van der Waals surface area contributed by atoms with Gasteiger partial charge in [0.15, 0.2) is 5.78 Å². The Kier molecular flexibility index (Phi) is 4.20. The molecule has 0 N–H and O–H groups in total. The molecule has 20 heavy (non-hydrogen) atoms. The van der Waals surface area contributed by atoms with E-state index < -0.39 is 0 Å². The lowest BCUT2D eigenvalue weighted by atomic mass is 10.1. The quantitative estimate of drug-likeness (QED) is 0.619. The number of allylic oxidation sites excluding steroid dienone is 1. The van der Waals surface area contributed by atoms with E-state index in [-0.39, 0.29) is 5.78 Å². The van der Waals surface area contributed by atoms with E-state index in [1.807, 2.05) is 13.1 Å². The highest BCUT2D eigenvalue weighted by Crippen LogP contribution is 2.24. The van der Waals surface area contributed by atoms with E-state index in [4.69, 9.17) is 9.47 Å². The number of hydrogen-bond donors (Lipinski definition) is 0. The molecule has 5 nitrogen and oxygen atoms in total. The Bertz CT molecular complexity index is 644. The Morgan fingerprint density at radius 1 is 1.25 bits per heavy atom. The minimum absolute atomic E-state index is 0.151. The normalized spacial score (nSPS) is 10.8. The Labute approximate surface area is 117 Å². The van der Waals surface area contributed by atoms with E-state index >= 15 is 0 Å². The third-order valence-corrected chi connectivity index (χ3v) is 2.94. The molecule has 0 unspecified atom stereocenters. The van der Waals surface area contributed by atoms with Gasteiger partial charge < -0.3 is 9.47 Å². The first-order valence-corrected chi connectivity index (χ1v) is 6.08. The Balaban J connectivity index is 2.28. The van der Waals surface area contributed by atoms with Gasteiger partial charge in [0.2, 0.25) is 0 Å². The summed E-state index contributed by atoms with van der Waals surface area (Å²) in [5.74, 6) is 0.982. The van der Waals surface area contributed by atoms with E-state index in [1.165, 1.54) is 13.2 Å². The van der Waals surface area contributed by atoms with Crippen LogP contribution in [0.4, 0.5) is 0 Å². The second kappa shape index (κ2) is 6.06. The summed E-state index contributed by atoms with van der Waals surface area (Å²) < 4.78 is 12.0. The molecule has 0 saturated carbocycles. The molecule has 2 rings (SSSR count). The molecule has 0 bridgehead atoms. The van der Waals surface area contributed by atoms with Crippen molar-refractivity contribution < 1.29 is 14.3 Å². The third-order valence-electron chi connectivity index (χ3n) is 2.94. The third kappa shape index (κ3) is 2.88. The molecule has 0 aliphatic heterocycles. The number of methoxy groups -OCH3 is 2. The molecule has 1 heterocycles. The Morgan fingerprint density at radius 2 is 2.05 bits per heavy atom. The van der Waals surface area contributed by atoms with Gasteiger partial charge in [-0.2, -0.15) is 5.10 Å². The van der Waals surface area contributed by atoms with E-state index in [9.17, 15) is 4.79 Å². The highest BCUT2D eigenvalue weighted by atomic mass is 16.5. The molecule has 2 aromatic rings. The number of rotatable bonds is 5. The molecule has 0 amide bonds. The number of hydrogen-bond acceptors (Lipinski definition) is 4. The molecule has 5 heteroatoms. The fourth-order valence-electron chi connectivity index (χ4n) is 1.81. The first-order chi connectivity index (χ1) is 9.65. The van der Waals surface area contributed by atoms with Gasteiger partial charge in [0.05, 0.1) is 25.5 Å². The van der Waals surface area contributed by atoms with Crippen LogP contribution in [0, 0.1) is 0 Å². The fourth-order valence-corrected chi connectivity index (χ4v) is 1.81. The molecule has 0 aliphatic carbocycles. The van der Waals surface area contributed by atoms with Crippen molar-refractivity contribution in [3.63, 3.8) is 0 Å². The number of benzene rings is 1. The smallest absolute Gasteiger partial charge is 0.189 e. The van der Waals surface area contributed by atoms with Crippen molar-refractivity contribution in [2.75, 3.05) is 14.2 Å². The summed E-state index contributed by atoms with van der Waals surface area (Å²) in [7, 11) is 4.90. The van der Waals surface area contributed by atoms with Crippen LogP contribution in [0.2, 0.25) is 0 Å². The molecule has 0 fully saturated rings. The minimum Gasteiger partial charge on any atom is -0.497 e. The second-order valence-corrected chi connectivity index (χ2v) is 4.14. The predicted octanol–water partition coefficient (Wildman–Crippen LogP) is 2.33. The number of ether oxygens (including phenoxy) is 2. The number of carbonyl (C=O) groups is 1. The SMILES string of the molecule is COc1ccc(OC)c(C(=O)C=Cc2ccnn2C)c1. The van der Waals surface area contributed by atoms with E-state index in [1.54, 1.807) is 42.3 Å². The number of carbonyl (C=O) groups excluding carboxylic acids is 1. The number of aromatic nitrogens is 2. The lowest BCUT2D eigenvalue weighted by Crippen LogP contribution is -2.00. The van der Waals surface area contributed by atoms with Gasteiger partial charge in [0.1, 0.15) is 11.5 Å². The average Bonchev–Trinajstić information content (AvgIpc) is 2.89. The first-order valence-electron chi connectivity index (χ1n) is 6.08. The summed E-state index contributed by atoms with van der Waals surface area (Å²) in [5.41, 5.74) is 1.31. The Morgan fingerprint density at radius 3 is 2.65 bits per heavy atom. The summed E-state index contributed by atoms with van der Waals surface area (Å²) in [5, 5.41) is 4.04. The van der Waals surface area contributed by atoms with E-state index in [0.29, 0.717) is 17.1 Å². The van der Waals surface area contributed by atoms with Gasteiger partial charge in [-0.05, 0) is 36.4 Å². The molecular weight excluding hydrogens is 256 g/mol. The summed E-state index contributed by atoms with van der Waals surface area (Å²) in [6, 6.07) is 6.95. The summed E-state index contributed by atoms with van der Waals surface area (Å²) in [6.07, 6.45) is 4.89. The zero-order valence-electron chi connectivity index (χ0n) is 11.7. The maximum atomic E-state index is 12.2. The molecule has 1 aromatic carbocycles. The van der Waals surface area contributed by atoms with Crippen molar-refractivity contribution in [1.82, 2.24) is 9.78 Å². The van der Waals surface area contributed by atoms with E-state index in [0.717, 1.165) is 5.69 Å². The van der Waals surface area contributed by atoms with Crippen LogP contribution < -0.4 is 9.47 Å². The molecular formula is C15H16N2O3. The van der Waals surface area contributed by atoms with Gasteiger partial charge in [-0.15, -0.1) is 0 Å². The van der Waals surface area contributed by atoms with Crippen molar-refractivity contribution in [2.24, 2.45) is 7.05 Å². The van der Waals surface area contributed by atoms with Gasteiger partial charge >= 0.3 is 0 Å². The second-order valence-electron chi connectivity index (χ2n) is 4.14. The summed E-state index contributed by atoms with van der Waals surface area (Å²) in [6.45, 7) is 0. The van der Waals surface area contributed by atoms with Crippen LogP contribution in [0.15, 0.2) is 36.5 Å². The van der Waals surface area contributed by atoms with Gasteiger partial charge in [0.25, 0.3) is 0 Å². The van der Waals surface area contributed by atoms with Crippen LogP contribution in [0.5, 0.6) is 11.5 Å². The summed E-state index contributed by atoms with van der Waals surface area (Å²) >= 11 is 0. The molecule has 0 saturated heterocycles. The fraction of sp³-hybridized carbons (Fsp3) is 0.200. The summed E-state index contributed by atoms with van der Waals surface area (Å²) in [4.78, 5) is 12.2. The van der Waals surface area contributed by atoms with Crippen molar-refractivity contribution >= 4 is 11.9 Å². The molecule has 0 spiro atoms. The largest absolute Gasteiger partial charge is 0.497 e. The maximum Gasteiger partial charge on any atom is 0.189 e. The number of nitrogens with zero attached hydrogens (tertiary/aromatic N) is 2. The molecule has 104 valence electrons. The van der Waals surface area contributed by atoms with Crippen molar-refractivity contribution in [1.29, 1.82) is 0 Å². The van der Waals surface area contributed by atoms with Gasteiger partial charge in [-0.25, -0.2) is 0 Å². The Hall–Kier alpha value is -2.56. The lowest BCUT2D eigenvalue weighted by Gasteiger charge is -2.07. The van der Waals surface area contributed by atoms with Gasteiger partial charge in [-0.3, -0.25) is 9.48 Å². The van der Waals surface area contributed by atoms with Crippen LogP contribution in [0.1, 0.15) is 16.1 Å². The molecule has 0 radical (unpaired) electrons. The number of ketones is 1. The van der Waals surface area contributed by atoms with E-state index in [2.05, 4.69) is 5.10 Å². The zero-order valence-corrected chi connectivity index (χ0v) is 11.7. The van der Waals surface area contributed by atoms with Crippen LogP contribution in [0.3, 0.4) is 0 Å². The van der Waals surface area contributed by atoms with Crippen molar-refractivity contribution in [2.45, 2.75) is 0 Å². The zero-order chi connectivity index (χ0) is 14.5. The lowest BCUT2D eigenvalue weighted by molar-refractivity contribution is 0.104. The highest BCUT2D eigenvalue weighted by molar-refractivity contribution is 6.08. The maximum absolute atomic E-state index is 12.2. The minimum atomic E-state index is -0.151. The van der Waals surface area contributed by atoms with Crippen LogP contribution >= 0.6 is 0 Å². The van der Waals surface area contributed by atoms with Crippen LogP contribution in [-0.2, 0) is 7.05 Å². The monoisotopic (exact) mass is 272 g/mol. The average molecular weight is 272 g/mol. The molecule has 1 aromatic heterocycles. The van der Waals surface area contributed by atoms with Crippen molar-refractivity contribution in [3.8, 4) is 11.5 Å². The topological polar surface area (TPSA) is 53.4 Å². The highest BCUT2D eigenvalue weighted by Gasteiger charge is 2.11. The molecule has 0 aliphatic rings. The van der Waals surface area contributed by atoms with Gasteiger partial charge in [0, 0.05) is 13.2 Å². The van der Waals surface area contributed by atoms with Crippen LogP contribution in [-0.4, -0.2) is 29.8 Å². The van der Waals surface area contributed by atoms with Crippen LogP contribution in [0.25, 0.3) is 6.08 Å². The predicted molar refractivity (Wildman–Crippen MR) is 76.1 cm³/mol. The number of aryl methyl sites for hydroxylation is 1. The van der Waals surface area contributed by atoms with Crippen molar-refractivity contribution in [3.05, 3.63) is 47.8 Å². The standard InChI is InChI=1S/C15H16N2O3/c1-17-11(8-9-16-17)4-6-14(18)13-10-12(19-2)5-7-15(13)20-3/h4-10H,1-3H3. The van der Waals surface area contributed by atoms with Gasteiger partial charge in [-0.1, -0.05) is 0 Å². The first kappa shape index (κ1) is 13.9. The molecule has 0 atom stereocenters.